The van der Waals surface area contributed by atoms with Crippen molar-refractivity contribution in [2.45, 2.75) is 0 Å². The lowest BCUT2D eigenvalue weighted by molar-refractivity contribution is -0.383. The van der Waals surface area contributed by atoms with E-state index in [1.54, 1.807) is 6.07 Å². The van der Waals surface area contributed by atoms with Crippen LogP contribution in [0.2, 0.25) is 0 Å². The average molecular weight is 215 g/mol. The van der Waals surface area contributed by atoms with E-state index in [1.165, 1.54) is 30.6 Å². The summed E-state index contributed by atoms with van der Waals surface area (Å²) in [6.07, 6.45) is 4.12. The van der Waals surface area contributed by atoms with Crippen LogP contribution in [0.5, 0.6) is 0 Å². The summed E-state index contributed by atoms with van der Waals surface area (Å²) in [7, 11) is 0. The number of nitrogens with zero attached hydrogens (tertiary/aromatic N) is 3. The highest BCUT2D eigenvalue weighted by molar-refractivity contribution is 5.97. The summed E-state index contributed by atoms with van der Waals surface area (Å²) in [5, 5.41) is 11.6. The van der Waals surface area contributed by atoms with Crippen molar-refractivity contribution in [1.29, 1.82) is 0 Å². The van der Waals surface area contributed by atoms with Gasteiger partial charge in [-0.3, -0.25) is 15.1 Å². The van der Waals surface area contributed by atoms with Gasteiger partial charge in [-0.05, 0) is 0 Å². The van der Waals surface area contributed by atoms with Crippen LogP contribution in [0.15, 0.2) is 35.6 Å². The topological polar surface area (TPSA) is 85.5 Å². The lowest BCUT2D eigenvalue weighted by Gasteiger charge is -2.00. The van der Waals surface area contributed by atoms with Crippen LogP contribution in [0.4, 0.5) is 11.4 Å². The first kappa shape index (κ1) is 9.95. The van der Waals surface area contributed by atoms with E-state index < -0.39 is 4.92 Å². The molecule has 0 saturated heterocycles. The first-order valence-electron chi connectivity index (χ1n) is 4.33. The SMILES string of the molecule is O=C=Nc1cncc2c([N+](=O)[O-])cccc12. The molecular weight excluding hydrogens is 210 g/mol. The van der Waals surface area contributed by atoms with E-state index in [-0.39, 0.29) is 11.4 Å². The fraction of sp³-hybridized carbons (Fsp3) is 0. The van der Waals surface area contributed by atoms with Gasteiger partial charge in [-0.25, -0.2) is 4.79 Å². The van der Waals surface area contributed by atoms with Crippen LogP contribution in [-0.4, -0.2) is 16.0 Å². The van der Waals surface area contributed by atoms with E-state index in [2.05, 4.69) is 9.98 Å². The molecule has 2 aromatic rings. The van der Waals surface area contributed by atoms with Gasteiger partial charge in [0.1, 0.15) is 5.69 Å². The fourth-order valence-electron chi connectivity index (χ4n) is 1.46. The molecule has 0 aliphatic heterocycles. The van der Waals surface area contributed by atoms with Crippen molar-refractivity contribution in [3.05, 3.63) is 40.7 Å². The highest BCUT2D eigenvalue weighted by atomic mass is 16.6. The summed E-state index contributed by atoms with van der Waals surface area (Å²) in [5.74, 6) is 0. The molecule has 0 bridgehead atoms. The minimum Gasteiger partial charge on any atom is -0.262 e. The van der Waals surface area contributed by atoms with Crippen molar-refractivity contribution < 1.29 is 9.72 Å². The summed E-state index contributed by atoms with van der Waals surface area (Å²) in [4.78, 5) is 27.7. The van der Waals surface area contributed by atoms with Gasteiger partial charge in [0.2, 0.25) is 6.08 Å². The Kier molecular flexibility index (Phi) is 2.41. The summed E-state index contributed by atoms with van der Waals surface area (Å²) < 4.78 is 0. The Balaban J connectivity index is 2.86. The second-order valence-electron chi connectivity index (χ2n) is 2.99. The lowest BCUT2D eigenvalue weighted by Crippen LogP contribution is -1.89. The van der Waals surface area contributed by atoms with Crippen LogP contribution < -0.4 is 0 Å². The predicted octanol–water partition coefficient (Wildman–Crippen LogP) is 2.11. The molecule has 0 unspecified atom stereocenters. The Labute approximate surface area is 89.4 Å². The number of aromatic nitrogens is 1. The molecule has 0 N–H and O–H groups in total. The maximum Gasteiger partial charge on any atom is 0.278 e. The van der Waals surface area contributed by atoms with Gasteiger partial charge < -0.3 is 0 Å². The molecule has 0 saturated carbocycles. The predicted molar refractivity (Wildman–Crippen MR) is 56.2 cm³/mol. The molecule has 0 amide bonds. The molecule has 0 aliphatic rings. The molecule has 1 aromatic heterocycles. The van der Waals surface area contributed by atoms with Crippen LogP contribution in [-0.2, 0) is 4.79 Å². The minimum atomic E-state index is -0.502. The first-order chi connectivity index (χ1) is 7.74. The van der Waals surface area contributed by atoms with Crippen molar-refractivity contribution in [2.24, 2.45) is 4.99 Å². The van der Waals surface area contributed by atoms with Crippen LogP contribution in [0.25, 0.3) is 10.8 Å². The van der Waals surface area contributed by atoms with Crippen LogP contribution in [0.3, 0.4) is 0 Å². The number of hydrogen-bond donors (Lipinski definition) is 0. The number of pyridine rings is 1. The van der Waals surface area contributed by atoms with Gasteiger partial charge in [0, 0.05) is 17.6 Å². The second-order valence-corrected chi connectivity index (χ2v) is 2.99. The fourth-order valence-corrected chi connectivity index (χ4v) is 1.46. The summed E-state index contributed by atoms with van der Waals surface area (Å²) in [5.41, 5.74) is 0.212. The monoisotopic (exact) mass is 215 g/mol. The Morgan fingerprint density at radius 2 is 2.12 bits per heavy atom. The van der Waals surface area contributed by atoms with Crippen molar-refractivity contribution >= 4 is 28.2 Å². The third-order valence-electron chi connectivity index (χ3n) is 2.12. The van der Waals surface area contributed by atoms with Gasteiger partial charge in [-0.15, -0.1) is 0 Å². The van der Waals surface area contributed by atoms with Gasteiger partial charge in [0.05, 0.1) is 16.5 Å². The zero-order valence-corrected chi connectivity index (χ0v) is 7.95. The molecule has 1 heterocycles. The average Bonchev–Trinajstić information content (AvgIpc) is 2.29. The molecule has 6 heteroatoms. The Morgan fingerprint density at radius 3 is 2.81 bits per heavy atom. The molecule has 0 atom stereocenters. The van der Waals surface area contributed by atoms with Crippen molar-refractivity contribution in [2.75, 3.05) is 0 Å². The van der Waals surface area contributed by atoms with Gasteiger partial charge in [-0.1, -0.05) is 12.1 Å². The number of non-ortho nitro benzene ring substituents is 1. The summed E-state index contributed by atoms with van der Waals surface area (Å²) >= 11 is 0. The number of aliphatic imine (C=N–C) groups is 1. The third-order valence-corrected chi connectivity index (χ3v) is 2.12. The zero-order chi connectivity index (χ0) is 11.5. The van der Waals surface area contributed by atoms with E-state index in [0.29, 0.717) is 10.8 Å². The van der Waals surface area contributed by atoms with Crippen molar-refractivity contribution in [3.8, 4) is 0 Å². The molecule has 16 heavy (non-hydrogen) atoms. The molecule has 0 aliphatic carbocycles. The van der Waals surface area contributed by atoms with Crippen LogP contribution >= 0.6 is 0 Å². The van der Waals surface area contributed by atoms with E-state index >= 15 is 0 Å². The summed E-state index contributed by atoms with van der Waals surface area (Å²) in [6.45, 7) is 0. The molecule has 0 fully saturated rings. The molecule has 2 rings (SSSR count). The third kappa shape index (κ3) is 1.53. The Morgan fingerprint density at radius 1 is 1.31 bits per heavy atom. The Hall–Kier alpha value is -2.59. The van der Waals surface area contributed by atoms with Gasteiger partial charge in [0.25, 0.3) is 5.69 Å². The quantitative estimate of drug-likeness (QED) is 0.332. The van der Waals surface area contributed by atoms with Gasteiger partial charge in [-0.2, -0.15) is 4.99 Å². The number of carbonyl (C=O) groups excluding carboxylic acids is 1. The van der Waals surface area contributed by atoms with E-state index in [9.17, 15) is 14.9 Å². The lowest BCUT2D eigenvalue weighted by atomic mass is 10.1. The molecule has 0 radical (unpaired) electrons. The first-order valence-corrected chi connectivity index (χ1v) is 4.33. The number of nitro groups is 1. The maximum absolute atomic E-state index is 10.8. The van der Waals surface area contributed by atoms with Crippen LogP contribution in [0, 0.1) is 10.1 Å². The van der Waals surface area contributed by atoms with Crippen LogP contribution in [0.1, 0.15) is 0 Å². The van der Waals surface area contributed by atoms with Crippen molar-refractivity contribution in [3.63, 3.8) is 0 Å². The number of rotatable bonds is 2. The Bertz CT molecular complexity index is 576. The molecule has 6 nitrogen and oxygen atoms in total. The second kappa shape index (κ2) is 3.88. The molecule has 0 spiro atoms. The highest BCUT2D eigenvalue weighted by Gasteiger charge is 2.12. The van der Waals surface area contributed by atoms with E-state index in [4.69, 9.17) is 0 Å². The number of fused-ring (bicyclic) bond motifs is 1. The summed E-state index contributed by atoms with van der Waals surface area (Å²) in [6, 6.07) is 4.54. The van der Waals surface area contributed by atoms with Crippen molar-refractivity contribution in [1.82, 2.24) is 4.98 Å². The zero-order valence-electron chi connectivity index (χ0n) is 7.95. The maximum atomic E-state index is 10.8. The normalized spacial score (nSPS) is 9.75. The van der Waals surface area contributed by atoms with E-state index in [0.717, 1.165) is 0 Å². The molecule has 1 aromatic carbocycles. The van der Waals surface area contributed by atoms with Gasteiger partial charge >= 0.3 is 0 Å². The molecule has 78 valence electrons. The highest BCUT2D eigenvalue weighted by Crippen LogP contribution is 2.30. The minimum absolute atomic E-state index is 0.0621. The van der Waals surface area contributed by atoms with E-state index in [1.807, 2.05) is 0 Å². The standard InChI is InChI=1S/C10H5N3O3/c14-6-12-9-5-11-4-8-7(9)2-1-3-10(8)13(15)16/h1-5H. The number of isocyanates is 1. The van der Waals surface area contributed by atoms with Gasteiger partial charge in [0.15, 0.2) is 0 Å². The smallest absolute Gasteiger partial charge is 0.262 e. The largest absolute Gasteiger partial charge is 0.278 e. The number of benzene rings is 1. The number of nitro benzene ring substituents is 1. The molecular formula is C10H5N3O3. The number of hydrogen-bond acceptors (Lipinski definition) is 5.